The normalized spacial score (nSPS) is 10.3. The van der Waals surface area contributed by atoms with Gasteiger partial charge in [0.15, 0.2) is 5.76 Å². The van der Waals surface area contributed by atoms with E-state index in [1.807, 2.05) is 13.0 Å². The standard InChI is InChI=1S/C14H11BrO4/c1-8-3-4-9(7-10(8)15)13(16)11-5-6-12(19-11)14(17)18-2/h3-7H,1-2H3. The van der Waals surface area contributed by atoms with E-state index in [0.717, 1.165) is 10.0 Å². The van der Waals surface area contributed by atoms with Crippen LogP contribution in [0.5, 0.6) is 0 Å². The van der Waals surface area contributed by atoms with Crippen LogP contribution in [0.2, 0.25) is 0 Å². The van der Waals surface area contributed by atoms with E-state index in [1.54, 1.807) is 12.1 Å². The maximum atomic E-state index is 12.2. The van der Waals surface area contributed by atoms with Crippen molar-refractivity contribution in [3.05, 3.63) is 57.5 Å². The van der Waals surface area contributed by atoms with E-state index in [9.17, 15) is 9.59 Å². The SMILES string of the molecule is COC(=O)c1ccc(C(=O)c2ccc(C)c(Br)c2)o1. The Morgan fingerprint density at radius 3 is 2.47 bits per heavy atom. The molecule has 1 aromatic carbocycles. The summed E-state index contributed by atoms with van der Waals surface area (Å²) >= 11 is 3.37. The van der Waals surface area contributed by atoms with Crippen molar-refractivity contribution in [3.63, 3.8) is 0 Å². The number of carbonyl (C=O) groups is 2. The van der Waals surface area contributed by atoms with Crippen LogP contribution in [-0.2, 0) is 4.74 Å². The molecule has 0 radical (unpaired) electrons. The van der Waals surface area contributed by atoms with Crippen molar-refractivity contribution in [3.8, 4) is 0 Å². The summed E-state index contributed by atoms with van der Waals surface area (Å²) in [5.41, 5.74) is 1.52. The molecule has 0 saturated carbocycles. The molecule has 0 fully saturated rings. The Kier molecular flexibility index (Phi) is 3.85. The minimum Gasteiger partial charge on any atom is -0.463 e. The van der Waals surface area contributed by atoms with Crippen LogP contribution in [-0.4, -0.2) is 18.9 Å². The highest BCUT2D eigenvalue weighted by Gasteiger charge is 2.17. The fraction of sp³-hybridized carbons (Fsp3) is 0.143. The number of ketones is 1. The fourth-order valence-corrected chi connectivity index (χ4v) is 1.93. The Morgan fingerprint density at radius 1 is 1.16 bits per heavy atom. The summed E-state index contributed by atoms with van der Waals surface area (Å²) in [5.74, 6) is -0.770. The molecule has 0 spiro atoms. The lowest BCUT2D eigenvalue weighted by Crippen LogP contribution is -2.01. The smallest absolute Gasteiger partial charge is 0.373 e. The highest BCUT2D eigenvalue weighted by Crippen LogP contribution is 2.20. The van der Waals surface area contributed by atoms with Crippen molar-refractivity contribution in [1.82, 2.24) is 0 Å². The summed E-state index contributed by atoms with van der Waals surface area (Å²) in [6.07, 6.45) is 0. The molecule has 19 heavy (non-hydrogen) atoms. The van der Waals surface area contributed by atoms with Crippen molar-refractivity contribution in [2.24, 2.45) is 0 Å². The molecule has 0 aliphatic rings. The van der Waals surface area contributed by atoms with E-state index in [0.29, 0.717) is 5.56 Å². The van der Waals surface area contributed by atoms with Crippen LogP contribution >= 0.6 is 15.9 Å². The van der Waals surface area contributed by atoms with Gasteiger partial charge in [-0.2, -0.15) is 0 Å². The summed E-state index contributed by atoms with van der Waals surface area (Å²) in [4.78, 5) is 23.4. The molecule has 0 unspecified atom stereocenters. The van der Waals surface area contributed by atoms with Gasteiger partial charge in [0.05, 0.1) is 7.11 Å². The minimum atomic E-state index is -0.607. The molecule has 0 amide bonds. The number of aryl methyl sites for hydroxylation is 1. The number of hydrogen-bond donors (Lipinski definition) is 0. The van der Waals surface area contributed by atoms with Crippen LogP contribution in [0.4, 0.5) is 0 Å². The van der Waals surface area contributed by atoms with Gasteiger partial charge in [-0.25, -0.2) is 4.79 Å². The van der Waals surface area contributed by atoms with Gasteiger partial charge in [-0.05, 0) is 30.7 Å². The largest absolute Gasteiger partial charge is 0.463 e. The van der Waals surface area contributed by atoms with Crippen molar-refractivity contribution in [2.75, 3.05) is 7.11 Å². The lowest BCUT2D eigenvalue weighted by atomic mass is 10.1. The highest BCUT2D eigenvalue weighted by molar-refractivity contribution is 9.10. The second-order valence-electron chi connectivity index (χ2n) is 3.95. The first-order valence-corrected chi connectivity index (χ1v) is 6.31. The van der Waals surface area contributed by atoms with Gasteiger partial charge in [0.2, 0.25) is 11.5 Å². The number of ether oxygens (including phenoxy) is 1. The topological polar surface area (TPSA) is 56.5 Å². The van der Waals surface area contributed by atoms with E-state index < -0.39 is 5.97 Å². The van der Waals surface area contributed by atoms with Crippen LogP contribution in [0.15, 0.2) is 39.2 Å². The van der Waals surface area contributed by atoms with E-state index >= 15 is 0 Å². The molecule has 1 aromatic heterocycles. The average Bonchev–Trinajstić information content (AvgIpc) is 2.89. The van der Waals surface area contributed by atoms with Crippen molar-refractivity contribution in [2.45, 2.75) is 6.92 Å². The third-order valence-corrected chi connectivity index (χ3v) is 3.50. The number of halogens is 1. The minimum absolute atomic E-state index is 0.0111. The first kappa shape index (κ1) is 13.5. The van der Waals surface area contributed by atoms with E-state index in [-0.39, 0.29) is 17.3 Å². The van der Waals surface area contributed by atoms with Gasteiger partial charge in [0.1, 0.15) is 0 Å². The second-order valence-corrected chi connectivity index (χ2v) is 4.80. The maximum Gasteiger partial charge on any atom is 0.373 e. The van der Waals surface area contributed by atoms with Crippen molar-refractivity contribution < 1.29 is 18.7 Å². The second kappa shape index (κ2) is 5.40. The molecule has 2 aromatic rings. The first-order chi connectivity index (χ1) is 9.02. The molecule has 0 N–H and O–H groups in total. The molecule has 98 valence electrons. The first-order valence-electron chi connectivity index (χ1n) is 5.52. The number of methoxy groups -OCH3 is 1. The molecule has 1 heterocycles. The van der Waals surface area contributed by atoms with Gasteiger partial charge in [0.25, 0.3) is 0 Å². The summed E-state index contributed by atoms with van der Waals surface area (Å²) in [7, 11) is 1.25. The molecule has 5 heteroatoms. The third kappa shape index (κ3) is 2.76. The Hall–Kier alpha value is -1.88. The summed E-state index contributed by atoms with van der Waals surface area (Å²) < 4.78 is 10.5. The van der Waals surface area contributed by atoms with Gasteiger partial charge < -0.3 is 9.15 Å². The predicted molar refractivity (Wildman–Crippen MR) is 72.4 cm³/mol. The maximum absolute atomic E-state index is 12.2. The van der Waals surface area contributed by atoms with Crippen LogP contribution in [0.25, 0.3) is 0 Å². The van der Waals surface area contributed by atoms with Gasteiger partial charge in [-0.15, -0.1) is 0 Å². The molecule has 0 aliphatic heterocycles. The number of esters is 1. The number of furan rings is 1. The molecule has 0 saturated heterocycles. The lowest BCUT2D eigenvalue weighted by Gasteiger charge is -2.01. The van der Waals surface area contributed by atoms with Gasteiger partial charge in [0, 0.05) is 10.0 Å². The third-order valence-electron chi connectivity index (χ3n) is 2.65. The quantitative estimate of drug-likeness (QED) is 0.642. The van der Waals surface area contributed by atoms with Crippen LogP contribution in [0.1, 0.15) is 32.2 Å². The molecule has 2 rings (SSSR count). The Labute approximate surface area is 118 Å². The zero-order valence-corrected chi connectivity index (χ0v) is 12.0. The van der Waals surface area contributed by atoms with E-state index in [2.05, 4.69) is 20.7 Å². The lowest BCUT2D eigenvalue weighted by molar-refractivity contribution is 0.0563. The zero-order valence-electron chi connectivity index (χ0n) is 10.4. The molecular weight excluding hydrogens is 312 g/mol. The zero-order chi connectivity index (χ0) is 14.0. The molecule has 4 nitrogen and oxygen atoms in total. The van der Waals surface area contributed by atoms with Gasteiger partial charge in [-0.1, -0.05) is 28.1 Å². The summed E-state index contributed by atoms with van der Waals surface area (Å²) in [6, 6.07) is 8.15. The molecular formula is C14H11BrO4. The van der Waals surface area contributed by atoms with Gasteiger partial charge in [-0.3, -0.25) is 4.79 Å². The van der Waals surface area contributed by atoms with Crippen LogP contribution in [0, 0.1) is 6.92 Å². The van der Waals surface area contributed by atoms with Crippen molar-refractivity contribution in [1.29, 1.82) is 0 Å². The fourth-order valence-electron chi connectivity index (χ4n) is 1.55. The molecule has 0 aliphatic carbocycles. The number of carbonyl (C=O) groups excluding carboxylic acids is 2. The Morgan fingerprint density at radius 2 is 1.84 bits per heavy atom. The Bertz CT molecular complexity index is 643. The van der Waals surface area contributed by atoms with Gasteiger partial charge >= 0.3 is 5.97 Å². The Balaban J connectivity index is 2.31. The number of rotatable bonds is 3. The van der Waals surface area contributed by atoms with E-state index in [4.69, 9.17) is 4.42 Å². The monoisotopic (exact) mass is 322 g/mol. The highest BCUT2D eigenvalue weighted by atomic mass is 79.9. The van der Waals surface area contributed by atoms with Crippen LogP contribution in [0.3, 0.4) is 0 Å². The molecule has 0 atom stereocenters. The van der Waals surface area contributed by atoms with Crippen LogP contribution < -0.4 is 0 Å². The number of hydrogen-bond acceptors (Lipinski definition) is 4. The number of benzene rings is 1. The summed E-state index contributed by atoms with van der Waals surface area (Å²) in [5, 5.41) is 0. The average molecular weight is 323 g/mol. The molecule has 0 bridgehead atoms. The summed E-state index contributed by atoms with van der Waals surface area (Å²) in [6.45, 7) is 1.93. The predicted octanol–water partition coefficient (Wildman–Crippen LogP) is 3.37. The van der Waals surface area contributed by atoms with E-state index in [1.165, 1.54) is 19.2 Å². The van der Waals surface area contributed by atoms with Crippen molar-refractivity contribution >= 4 is 27.7 Å².